The number of hydrogen-bond donors (Lipinski definition) is 1. The van der Waals surface area contributed by atoms with E-state index in [1.165, 1.54) is 19.3 Å². The van der Waals surface area contributed by atoms with Gasteiger partial charge in [-0.25, -0.2) is 0 Å². The predicted molar refractivity (Wildman–Crippen MR) is 63.9 cm³/mol. The van der Waals surface area contributed by atoms with Crippen molar-refractivity contribution in [3.05, 3.63) is 0 Å². The van der Waals surface area contributed by atoms with Crippen LogP contribution in [0.15, 0.2) is 0 Å². The van der Waals surface area contributed by atoms with E-state index in [1.54, 1.807) is 0 Å². The summed E-state index contributed by atoms with van der Waals surface area (Å²) in [6, 6.07) is 0.554. The molecule has 1 aliphatic rings. The van der Waals surface area contributed by atoms with Gasteiger partial charge in [0.25, 0.3) is 0 Å². The molecule has 1 saturated heterocycles. The second-order valence-electron chi connectivity index (χ2n) is 4.74. The smallest absolute Gasteiger partial charge is 0.0678 e. The fourth-order valence-electron chi connectivity index (χ4n) is 2.41. The van der Waals surface area contributed by atoms with E-state index >= 15 is 0 Å². The SMILES string of the molecule is CCCCC(CN)N1C[C@@H](C)O[C@@H](C)C1. The van der Waals surface area contributed by atoms with E-state index in [-0.39, 0.29) is 0 Å². The number of unbranched alkanes of at least 4 members (excludes halogenated alkanes) is 1. The zero-order valence-corrected chi connectivity index (χ0v) is 10.4. The molecule has 1 heterocycles. The highest BCUT2D eigenvalue weighted by atomic mass is 16.5. The fourth-order valence-corrected chi connectivity index (χ4v) is 2.41. The van der Waals surface area contributed by atoms with Gasteiger partial charge in [0.1, 0.15) is 0 Å². The topological polar surface area (TPSA) is 38.5 Å². The molecule has 0 aromatic carbocycles. The van der Waals surface area contributed by atoms with Crippen LogP contribution in [0.4, 0.5) is 0 Å². The Bertz CT molecular complexity index is 165. The molecule has 3 atom stereocenters. The lowest BCUT2D eigenvalue weighted by molar-refractivity contribution is -0.0802. The summed E-state index contributed by atoms with van der Waals surface area (Å²) in [7, 11) is 0. The molecule has 0 bridgehead atoms. The van der Waals surface area contributed by atoms with Gasteiger partial charge in [-0.05, 0) is 20.3 Å². The van der Waals surface area contributed by atoms with Crippen LogP contribution >= 0.6 is 0 Å². The molecule has 1 unspecified atom stereocenters. The molecular formula is C12H26N2O. The Labute approximate surface area is 94.0 Å². The summed E-state index contributed by atoms with van der Waals surface area (Å²) in [5.41, 5.74) is 5.85. The fraction of sp³-hybridized carbons (Fsp3) is 1.00. The number of morpholine rings is 1. The molecule has 2 N–H and O–H groups in total. The highest BCUT2D eigenvalue weighted by molar-refractivity contribution is 4.80. The molecule has 0 aromatic heterocycles. The standard InChI is InChI=1S/C12H26N2O/c1-4-5-6-12(7-13)14-8-10(2)15-11(3)9-14/h10-12H,4-9,13H2,1-3H3/t10-,11+,12?. The summed E-state index contributed by atoms with van der Waals surface area (Å²) in [5, 5.41) is 0. The van der Waals surface area contributed by atoms with Crippen LogP contribution in [0, 0.1) is 0 Å². The van der Waals surface area contributed by atoms with Gasteiger partial charge in [0, 0.05) is 25.7 Å². The Morgan fingerprint density at radius 2 is 1.93 bits per heavy atom. The molecule has 3 heteroatoms. The van der Waals surface area contributed by atoms with Crippen molar-refractivity contribution in [2.75, 3.05) is 19.6 Å². The van der Waals surface area contributed by atoms with Crippen LogP contribution in [0.25, 0.3) is 0 Å². The van der Waals surface area contributed by atoms with Crippen molar-refractivity contribution in [1.29, 1.82) is 0 Å². The quantitative estimate of drug-likeness (QED) is 0.755. The Kier molecular flexibility index (Phi) is 5.58. The normalized spacial score (nSPS) is 30.4. The minimum Gasteiger partial charge on any atom is -0.373 e. The molecule has 0 aromatic rings. The number of nitrogens with two attached hydrogens (primary N) is 1. The molecule has 0 aliphatic carbocycles. The first-order valence-corrected chi connectivity index (χ1v) is 6.27. The van der Waals surface area contributed by atoms with Crippen molar-refractivity contribution in [1.82, 2.24) is 4.90 Å². The average Bonchev–Trinajstić information content (AvgIpc) is 2.17. The summed E-state index contributed by atoms with van der Waals surface area (Å²) >= 11 is 0. The monoisotopic (exact) mass is 214 g/mol. The maximum Gasteiger partial charge on any atom is 0.0678 e. The minimum atomic E-state index is 0.351. The van der Waals surface area contributed by atoms with Gasteiger partial charge in [0.2, 0.25) is 0 Å². The van der Waals surface area contributed by atoms with E-state index in [9.17, 15) is 0 Å². The van der Waals surface area contributed by atoms with Crippen molar-refractivity contribution >= 4 is 0 Å². The molecule has 0 radical (unpaired) electrons. The average molecular weight is 214 g/mol. The van der Waals surface area contributed by atoms with Gasteiger partial charge < -0.3 is 10.5 Å². The van der Waals surface area contributed by atoms with Gasteiger partial charge in [0.15, 0.2) is 0 Å². The number of nitrogens with zero attached hydrogens (tertiary/aromatic N) is 1. The van der Waals surface area contributed by atoms with Crippen molar-refractivity contribution in [3.8, 4) is 0 Å². The zero-order chi connectivity index (χ0) is 11.3. The maximum atomic E-state index is 5.85. The van der Waals surface area contributed by atoms with Crippen molar-refractivity contribution in [2.24, 2.45) is 5.73 Å². The van der Waals surface area contributed by atoms with Gasteiger partial charge in [-0.15, -0.1) is 0 Å². The molecule has 90 valence electrons. The van der Waals surface area contributed by atoms with Crippen LogP contribution in [0.5, 0.6) is 0 Å². The summed E-state index contributed by atoms with van der Waals surface area (Å²) < 4.78 is 5.73. The molecule has 0 spiro atoms. The van der Waals surface area contributed by atoms with Crippen LogP contribution in [0.1, 0.15) is 40.0 Å². The number of ether oxygens (including phenoxy) is 1. The second-order valence-corrected chi connectivity index (χ2v) is 4.74. The third kappa shape index (κ3) is 4.09. The molecule has 1 fully saturated rings. The van der Waals surface area contributed by atoms with Crippen molar-refractivity contribution in [2.45, 2.75) is 58.3 Å². The third-order valence-electron chi connectivity index (χ3n) is 3.13. The minimum absolute atomic E-state index is 0.351. The maximum absolute atomic E-state index is 5.85. The van der Waals surface area contributed by atoms with Gasteiger partial charge in [-0.3, -0.25) is 4.90 Å². The van der Waals surface area contributed by atoms with Crippen LogP contribution in [0.3, 0.4) is 0 Å². The Morgan fingerprint density at radius 1 is 1.33 bits per heavy atom. The van der Waals surface area contributed by atoms with Crippen LogP contribution in [-0.4, -0.2) is 42.8 Å². The van der Waals surface area contributed by atoms with E-state index in [1.807, 2.05) is 0 Å². The highest BCUT2D eigenvalue weighted by Gasteiger charge is 2.26. The molecule has 3 nitrogen and oxygen atoms in total. The lowest BCUT2D eigenvalue weighted by Crippen LogP contribution is -2.52. The molecule has 15 heavy (non-hydrogen) atoms. The molecule has 1 aliphatic heterocycles. The predicted octanol–water partition coefficient (Wildman–Crippen LogP) is 1.61. The number of rotatable bonds is 5. The second kappa shape index (κ2) is 6.46. The summed E-state index contributed by atoms with van der Waals surface area (Å²) in [5.74, 6) is 0. The molecule has 0 saturated carbocycles. The first kappa shape index (κ1) is 12.9. The summed E-state index contributed by atoms with van der Waals surface area (Å²) in [6.45, 7) is 9.38. The molecule has 0 amide bonds. The lowest BCUT2D eigenvalue weighted by Gasteiger charge is -2.40. The summed E-state index contributed by atoms with van der Waals surface area (Å²) in [4.78, 5) is 2.51. The number of hydrogen-bond acceptors (Lipinski definition) is 3. The largest absolute Gasteiger partial charge is 0.373 e. The zero-order valence-electron chi connectivity index (χ0n) is 10.4. The molecular weight excluding hydrogens is 188 g/mol. The highest BCUT2D eigenvalue weighted by Crippen LogP contribution is 2.16. The first-order chi connectivity index (χ1) is 7.17. The van der Waals surface area contributed by atoms with Gasteiger partial charge in [0.05, 0.1) is 12.2 Å². The summed E-state index contributed by atoms with van der Waals surface area (Å²) in [6.07, 6.45) is 4.47. The van der Waals surface area contributed by atoms with E-state index < -0.39 is 0 Å². The Morgan fingerprint density at radius 3 is 2.40 bits per heavy atom. The van der Waals surface area contributed by atoms with Crippen LogP contribution in [-0.2, 0) is 4.74 Å². The van der Waals surface area contributed by atoms with Crippen LogP contribution in [0.2, 0.25) is 0 Å². The van der Waals surface area contributed by atoms with Crippen LogP contribution < -0.4 is 5.73 Å². The van der Waals surface area contributed by atoms with Gasteiger partial charge >= 0.3 is 0 Å². The van der Waals surface area contributed by atoms with E-state index in [0.29, 0.717) is 18.2 Å². The van der Waals surface area contributed by atoms with Crippen molar-refractivity contribution < 1.29 is 4.74 Å². The van der Waals surface area contributed by atoms with E-state index in [0.717, 1.165) is 19.6 Å². The molecule has 1 rings (SSSR count). The third-order valence-corrected chi connectivity index (χ3v) is 3.13. The Balaban J connectivity index is 2.43. The van der Waals surface area contributed by atoms with E-state index in [4.69, 9.17) is 10.5 Å². The first-order valence-electron chi connectivity index (χ1n) is 6.27. The van der Waals surface area contributed by atoms with Crippen molar-refractivity contribution in [3.63, 3.8) is 0 Å². The van der Waals surface area contributed by atoms with Gasteiger partial charge in [-0.1, -0.05) is 19.8 Å². The lowest BCUT2D eigenvalue weighted by atomic mass is 10.1. The van der Waals surface area contributed by atoms with E-state index in [2.05, 4.69) is 25.7 Å². The van der Waals surface area contributed by atoms with Gasteiger partial charge in [-0.2, -0.15) is 0 Å². The Hall–Kier alpha value is -0.120.